The summed E-state index contributed by atoms with van der Waals surface area (Å²) in [7, 11) is 0. The molecule has 1 N–H and O–H groups in total. The molecule has 6 heteroatoms. The number of nitrogens with one attached hydrogen (secondary N) is 1. The van der Waals surface area contributed by atoms with Gasteiger partial charge in [-0.3, -0.25) is 0 Å². The molecule has 0 fully saturated rings. The number of benzene rings is 1. The summed E-state index contributed by atoms with van der Waals surface area (Å²) < 4.78 is 31.6. The predicted molar refractivity (Wildman–Crippen MR) is 71.5 cm³/mol. The number of aromatic nitrogens is 2. The number of ether oxygens (including phenoxy) is 1. The van der Waals surface area contributed by atoms with E-state index in [-0.39, 0.29) is 6.54 Å². The molecule has 0 radical (unpaired) electrons. The van der Waals surface area contributed by atoms with Gasteiger partial charge in [-0.1, -0.05) is 13.0 Å². The minimum atomic E-state index is -0.601. The van der Waals surface area contributed by atoms with Crippen molar-refractivity contribution in [2.45, 2.75) is 19.9 Å². The highest BCUT2D eigenvalue weighted by Gasteiger charge is 2.05. The van der Waals surface area contributed by atoms with Crippen LogP contribution in [0.25, 0.3) is 0 Å². The minimum Gasteiger partial charge on any atom is -0.478 e. The van der Waals surface area contributed by atoms with Crippen LogP contribution >= 0.6 is 0 Å². The Morgan fingerprint density at radius 3 is 2.85 bits per heavy atom. The van der Waals surface area contributed by atoms with Crippen molar-refractivity contribution in [2.24, 2.45) is 0 Å². The molecule has 1 aromatic carbocycles. The Morgan fingerprint density at radius 1 is 1.25 bits per heavy atom. The molecule has 0 aliphatic carbocycles. The largest absolute Gasteiger partial charge is 0.478 e. The first-order valence-electron chi connectivity index (χ1n) is 6.32. The third kappa shape index (κ3) is 3.88. The van der Waals surface area contributed by atoms with Crippen LogP contribution in [0.3, 0.4) is 0 Å². The van der Waals surface area contributed by atoms with Gasteiger partial charge in [0.1, 0.15) is 11.6 Å². The normalized spacial score (nSPS) is 10.3. The summed E-state index contributed by atoms with van der Waals surface area (Å²) in [5.74, 6) is -0.403. The van der Waals surface area contributed by atoms with E-state index >= 15 is 0 Å². The highest BCUT2D eigenvalue weighted by Crippen LogP contribution is 2.13. The predicted octanol–water partition coefficient (Wildman–Crippen LogP) is 3.16. The van der Waals surface area contributed by atoms with Gasteiger partial charge >= 0.3 is 0 Å². The molecule has 0 amide bonds. The van der Waals surface area contributed by atoms with Gasteiger partial charge in [-0.2, -0.15) is 4.98 Å². The van der Waals surface area contributed by atoms with Crippen molar-refractivity contribution in [3.63, 3.8) is 0 Å². The van der Waals surface area contributed by atoms with Crippen LogP contribution in [-0.4, -0.2) is 16.6 Å². The number of hydrogen-bond donors (Lipinski definition) is 1. The van der Waals surface area contributed by atoms with Gasteiger partial charge in [-0.25, -0.2) is 13.8 Å². The van der Waals surface area contributed by atoms with Gasteiger partial charge in [0.15, 0.2) is 0 Å². The van der Waals surface area contributed by atoms with Crippen molar-refractivity contribution in [2.75, 3.05) is 11.9 Å². The quantitative estimate of drug-likeness (QED) is 0.882. The van der Waals surface area contributed by atoms with E-state index in [2.05, 4.69) is 15.3 Å². The average Bonchev–Trinajstić information content (AvgIpc) is 2.45. The van der Waals surface area contributed by atoms with Crippen LogP contribution in [0.4, 0.5) is 14.7 Å². The van der Waals surface area contributed by atoms with Gasteiger partial charge < -0.3 is 10.1 Å². The number of nitrogens with zero attached hydrogens (tertiary/aromatic N) is 2. The van der Waals surface area contributed by atoms with E-state index in [9.17, 15) is 8.78 Å². The first-order chi connectivity index (χ1) is 9.69. The summed E-state index contributed by atoms with van der Waals surface area (Å²) in [4.78, 5) is 8.14. The number of anilines is 1. The molecule has 4 nitrogen and oxygen atoms in total. The molecule has 20 heavy (non-hydrogen) atoms. The number of hydrogen-bond acceptors (Lipinski definition) is 4. The SMILES string of the molecule is CCCOc1ccnc(NCc2ccc(F)cc2F)n1. The molecule has 1 heterocycles. The van der Waals surface area contributed by atoms with E-state index < -0.39 is 11.6 Å². The molecule has 0 unspecified atom stereocenters. The molecule has 0 aliphatic heterocycles. The third-order valence-corrected chi connectivity index (χ3v) is 2.54. The maximum atomic E-state index is 13.5. The van der Waals surface area contributed by atoms with E-state index in [1.54, 1.807) is 12.3 Å². The maximum absolute atomic E-state index is 13.5. The first kappa shape index (κ1) is 14.2. The molecule has 2 aromatic rings. The van der Waals surface area contributed by atoms with Crippen LogP contribution in [0.1, 0.15) is 18.9 Å². The summed E-state index contributed by atoms with van der Waals surface area (Å²) in [5, 5.41) is 2.87. The lowest BCUT2D eigenvalue weighted by atomic mass is 10.2. The Hall–Kier alpha value is -2.24. The van der Waals surface area contributed by atoms with Crippen LogP contribution in [0.5, 0.6) is 5.88 Å². The van der Waals surface area contributed by atoms with Crippen LogP contribution in [0.15, 0.2) is 30.5 Å². The molecule has 2 rings (SSSR count). The number of halogens is 2. The lowest BCUT2D eigenvalue weighted by Crippen LogP contribution is -2.06. The topological polar surface area (TPSA) is 47.0 Å². The van der Waals surface area contributed by atoms with Gasteiger partial charge in [-0.05, 0) is 12.5 Å². The lowest BCUT2D eigenvalue weighted by Gasteiger charge is -2.08. The standard InChI is InChI=1S/C14H15F2N3O/c1-2-7-20-13-5-6-17-14(19-13)18-9-10-3-4-11(15)8-12(10)16/h3-6,8H,2,7,9H2,1H3,(H,17,18,19). The highest BCUT2D eigenvalue weighted by molar-refractivity contribution is 5.30. The molecule has 1 aromatic heterocycles. The summed E-state index contributed by atoms with van der Waals surface area (Å²) in [6.45, 7) is 2.74. The van der Waals surface area contributed by atoms with Crippen molar-refractivity contribution in [1.29, 1.82) is 0 Å². The van der Waals surface area contributed by atoms with Crippen molar-refractivity contribution < 1.29 is 13.5 Å². The molecule has 0 atom stereocenters. The summed E-state index contributed by atoms with van der Waals surface area (Å²) in [6, 6.07) is 5.09. The summed E-state index contributed by atoms with van der Waals surface area (Å²) in [6.07, 6.45) is 2.44. The highest BCUT2D eigenvalue weighted by atomic mass is 19.1. The first-order valence-corrected chi connectivity index (χ1v) is 6.32. The Balaban J connectivity index is 1.99. The Labute approximate surface area is 115 Å². The van der Waals surface area contributed by atoms with E-state index in [4.69, 9.17) is 4.74 Å². The average molecular weight is 279 g/mol. The van der Waals surface area contributed by atoms with Gasteiger partial charge in [0.25, 0.3) is 0 Å². The third-order valence-electron chi connectivity index (χ3n) is 2.54. The number of rotatable bonds is 6. The van der Waals surface area contributed by atoms with E-state index in [1.807, 2.05) is 6.92 Å². The Bertz CT molecular complexity index is 578. The van der Waals surface area contributed by atoms with Crippen molar-refractivity contribution in [1.82, 2.24) is 9.97 Å². The zero-order chi connectivity index (χ0) is 14.4. The molecule has 0 bridgehead atoms. The van der Waals surface area contributed by atoms with Crippen molar-refractivity contribution >= 4 is 5.95 Å². The Kier molecular flexibility index (Phi) is 4.81. The maximum Gasteiger partial charge on any atom is 0.226 e. The zero-order valence-corrected chi connectivity index (χ0v) is 11.1. The molecule has 0 aliphatic rings. The second-order valence-electron chi connectivity index (χ2n) is 4.16. The van der Waals surface area contributed by atoms with Crippen LogP contribution < -0.4 is 10.1 Å². The summed E-state index contributed by atoms with van der Waals surface area (Å²) in [5.41, 5.74) is 0.342. The van der Waals surface area contributed by atoms with Gasteiger partial charge in [0.2, 0.25) is 11.8 Å². The monoisotopic (exact) mass is 279 g/mol. The zero-order valence-electron chi connectivity index (χ0n) is 11.1. The van der Waals surface area contributed by atoms with Crippen molar-refractivity contribution in [3.05, 3.63) is 47.7 Å². The summed E-state index contributed by atoms with van der Waals surface area (Å²) >= 11 is 0. The fraction of sp³-hybridized carbons (Fsp3) is 0.286. The van der Waals surface area contributed by atoms with Crippen LogP contribution in [0.2, 0.25) is 0 Å². The lowest BCUT2D eigenvalue weighted by molar-refractivity contribution is 0.305. The van der Waals surface area contributed by atoms with E-state index in [0.29, 0.717) is 24.0 Å². The van der Waals surface area contributed by atoms with Gasteiger partial charge in [0, 0.05) is 30.4 Å². The molecular weight excluding hydrogens is 264 g/mol. The fourth-order valence-corrected chi connectivity index (χ4v) is 1.55. The van der Waals surface area contributed by atoms with Crippen LogP contribution in [0, 0.1) is 11.6 Å². The molecule has 0 saturated carbocycles. The minimum absolute atomic E-state index is 0.170. The Morgan fingerprint density at radius 2 is 2.10 bits per heavy atom. The van der Waals surface area contributed by atoms with E-state index in [0.717, 1.165) is 12.5 Å². The van der Waals surface area contributed by atoms with Crippen LogP contribution in [-0.2, 0) is 6.54 Å². The molecule has 0 saturated heterocycles. The smallest absolute Gasteiger partial charge is 0.226 e. The van der Waals surface area contributed by atoms with E-state index in [1.165, 1.54) is 12.1 Å². The molecule has 106 valence electrons. The van der Waals surface area contributed by atoms with Gasteiger partial charge in [-0.15, -0.1) is 0 Å². The fourth-order valence-electron chi connectivity index (χ4n) is 1.55. The molecular formula is C14H15F2N3O. The van der Waals surface area contributed by atoms with Crippen molar-refractivity contribution in [3.8, 4) is 5.88 Å². The van der Waals surface area contributed by atoms with Gasteiger partial charge in [0.05, 0.1) is 6.61 Å². The molecule has 0 spiro atoms. The second kappa shape index (κ2) is 6.79. The second-order valence-corrected chi connectivity index (χ2v) is 4.16.